The average Bonchev–Trinajstić information content (AvgIpc) is 3.34. The lowest BCUT2D eigenvalue weighted by atomic mass is 10.2. The van der Waals surface area contributed by atoms with E-state index in [1.165, 1.54) is 0 Å². The zero-order valence-electron chi connectivity index (χ0n) is 11.9. The van der Waals surface area contributed by atoms with E-state index in [9.17, 15) is 0 Å². The van der Waals surface area contributed by atoms with E-state index in [4.69, 9.17) is 11.6 Å². The van der Waals surface area contributed by atoms with Crippen molar-refractivity contribution < 1.29 is 0 Å². The minimum atomic E-state index is 0.460. The summed E-state index contributed by atoms with van der Waals surface area (Å²) < 4.78 is 2.23. The molecule has 106 valence electrons. The van der Waals surface area contributed by atoms with E-state index in [0.717, 1.165) is 41.0 Å². The molecule has 0 saturated heterocycles. The van der Waals surface area contributed by atoms with Crippen LogP contribution in [0.5, 0.6) is 0 Å². The van der Waals surface area contributed by atoms with E-state index in [1.54, 1.807) is 12.3 Å². The van der Waals surface area contributed by atoms with Gasteiger partial charge in [-0.05, 0) is 37.1 Å². The van der Waals surface area contributed by atoms with Gasteiger partial charge in [0, 0.05) is 11.6 Å². The van der Waals surface area contributed by atoms with E-state index in [2.05, 4.69) is 26.2 Å². The molecule has 0 bridgehead atoms. The molecule has 22 heavy (non-hydrogen) atoms. The van der Waals surface area contributed by atoms with Gasteiger partial charge in [0.1, 0.15) is 5.82 Å². The quantitative estimate of drug-likeness (QED) is 0.683. The first-order chi connectivity index (χ1) is 10.8. The van der Waals surface area contributed by atoms with Crippen LogP contribution in [0.4, 0.5) is 5.69 Å². The summed E-state index contributed by atoms with van der Waals surface area (Å²) in [5.41, 5.74) is 4.22. The number of rotatable bonds is 3. The minimum absolute atomic E-state index is 0.460. The summed E-state index contributed by atoms with van der Waals surface area (Å²) in [6, 6.07) is 8.04. The molecule has 0 N–H and O–H groups in total. The summed E-state index contributed by atoms with van der Waals surface area (Å²) in [7, 11) is 0. The maximum atomic E-state index is 7.20. The van der Waals surface area contributed by atoms with E-state index in [0.29, 0.717) is 11.7 Å². The van der Waals surface area contributed by atoms with Gasteiger partial charge in [-0.1, -0.05) is 12.6 Å². The van der Waals surface area contributed by atoms with Gasteiger partial charge in [0.05, 0.1) is 29.5 Å². The van der Waals surface area contributed by atoms with Crippen LogP contribution in [-0.2, 0) is 0 Å². The van der Waals surface area contributed by atoms with Gasteiger partial charge in [-0.25, -0.2) is 9.83 Å². The Balaban J connectivity index is 1.98. The van der Waals surface area contributed by atoms with Crippen LogP contribution in [0, 0.1) is 6.57 Å². The number of imidazole rings is 1. The molecule has 0 unspecified atom stereocenters. The van der Waals surface area contributed by atoms with Gasteiger partial charge in [0.15, 0.2) is 5.69 Å². The molecule has 0 atom stereocenters. The Morgan fingerprint density at radius 2 is 2.18 bits per heavy atom. The number of fused-ring (bicyclic) bond motifs is 1. The summed E-state index contributed by atoms with van der Waals surface area (Å²) >= 11 is 0. The van der Waals surface area contributed by atoms with Gasteiger partial charge >= 0.3 is 0 Å². The van der Waals surface area contributed by atoms with Crippen LogP contribution in [0.1, 0.15) is 24.6 Å². The molecule has 1 aromatic carbocycles. The molecule has 4 rings (SSSR count). The average molecular weight is 287 g/mol. The van der Waals surface area contributed by atoms with Crippen LogP contribution in [0.3, 0.4) is 0 Å². The smallest absolute Gasteiger partial charge is 0.189 e. The lowest BCUT2D eigenvalue weighted by Crippen LogP contribution is -1.98. The van der Waals surface area contributed by atoms with Gasteiger partial charge in [-0.3, -0.25) is 0 Å². The number of benzene rings is 1. The fourth-order valence-corrected chi connectivity index (χ4v) is 2.66. The summed E-state index contributed by atoms with van der Waals surface area (Å²) in [5, 5.41) is 8.04. The van der Waals surface area contributed by atoms with Gasteiger partial charge in [0.25, 0.3) is 0 Å². The van der Waals surface area contributed by atoms with Crippen molar-refractivity contribution in [2.45, 2.75) is 18.9 Å². The Morgan fingerprint density at radius 1 is 1.32 bits per heavy atom. The Kier molecular flexibility index (Phi) is 2.76. The second kappa shape index (κ2) is 4.78. The van der Waals surface area contributed by atoms with Gasteiger partial charge < -0.3 is 4.57 Å². The molecule has 0 spiro atoms. The molecule has 2 aromatic heterocycles. The van der Waals surface area contributed by atoms with E-state index in [-0.39, 0.29) is 0 Å². The fraction of sp³-hybridized carbons (Fsp3) is 0.176. The molecule has 5 nitrogen and oxygen atoms in total. The van der Waals surface area contributed by atoms with Gasteiger partial charge in [0.2, 0.25) is 0 Å². The molecular formula is C17H13N5. The number of aromatic nitrogens is 4. The third-order valence-corrected chi connectivity index (χ3v) is 3.85. The summed E-state index contributed by atoms with van der Waals surface area (Å²) in [6.45, 7) is 10.9. The minimum Gasteiger partial charge on any atom is -0.322 e. The maximum absolute atomic E-state index is 7.20. The number of nitrogens with zero attached hydrogens (tertiary/aromatic N) is 5. The topological polar surface area (TPSA) is 48.0 Å². The largest absolute Gasteiger partial charge is 0.322 e. The third-order valence-electron chi connectivity index (χ3n) is 3.85. The molecule has 2 heterocycles. The van der Waals surface area contributed by atoms with Gasteiger partial charge in [-0.15, -0.1) is 0 Å². The van der Waals surface area contributed by atoms with Crippen LogP contribution in [0.15, 0.2) is 37.0 Å². The SMILES string of the molecule is [C-]#[N+]c1ccc2nc(-c3cnnc(C=C)c3)n(C3CC3)c2c1. The Morgan fingerprint density at radius 3 is 2.91 bits per heavy atom. The van der Waals surface area contributed by atoms with Crippen LogP contribution < -0.4 is 0 Å². The molecule has 5 heteroatoms. The predicted molar refractivity (Wildman–Crippen MR) is 85.4 cm³/mol. The van der Waals surface area contributed by atoms with Crippen LogP contribution >= 0.6 is 0 Å². The molecule has 1 fully saturated rings. The summed E-state index contributed by atoms with van der Waals surface area (Å²) in [4.78, 5) is 8.28. The van der Waals surface area contributed by atoms with Crippen LogP contribution in [0.25, 0.3) is 33.3 Å². The highest BCUT2D eigenvalue weighted by Crippen LogP contribution is 2.41. The highest BCUT2D eigenvalue weighted by Gasteiger charge is 2.28. The molecule has 0 radical (unpaired) electrons. The van der Waals surface area contributed by atoms with Crippen LogP contribution in [-0.4, -0.2) is 19.7 Å². The monoisotopic (exact) mass is 287 g/mol. The van der Waals surface area contributed by atoms with Crippen molar-refractivity contribution in [3.8, 4) is 11.4 Å². The first-order valence-corrected chi connectivity index (χ1v) is 7.15. The fourth-order valence-electron chi connectivity index (χ4n) is 2.66. The van der Waals surface area contributed by atoms with Crippen LogP contribution in [0.2, 0.25) is 0 Å². The first-order valence-electron chi connectivity index (χ1n) is 7.15. The molecular weight excluding hydrogens is 274 g/mol. The lowest BCUT2D eigenvalue weighted by molar-refractivity contribution is 0.774. The zero-order chi connectivity index (χ0) is 15.1. The highest BCUT2D eigenvalue weighted by atomic mass is 15.1. The van der Waals surface area contributed by atoms with Crippen molar-refractivity contribution in [2.24, 2.45) is 0 Å². The molecule has 1 aliphatic carbocycles. The van der Waals surface area contributed by atoms with E-state index < -0.39 is 0 Å². The normalized spacial score (nSPS) is 14.0. The molecule has 1 saturated carbocycles. The third kappa shape index (κ3) is 1.97. The molecule has 3 aromatic rings. The van der Waals surface area contributed by atoms with E-state index in [1.807, 2.05) is 24.3 Å². The first kappa shape index (κ1) is 12.7. The summed E-state index contributed by atoms with van der Waals surface area (Å²) in [5.74, 6) is 0.887. The zero-order valence-corrected chi connectivity index (χ0v) is 11.9. The Labute approximate surface area is 127 Å². The lowest BCUT2D eigenvalue weighted by Gasteiger charge is -2.07. The second-order valence-corrected chi connectivity index (χ2v) is 5.39. The Hall–Kier alpha value is -3.00. The van der Waals surface area contributed by atoms with Crippen molar-refractivity contribution in [1.29, 1.82) is 0 Å². The predicted octanol–water partition coefficient (Wildman–Crippen LogP) is 4.02. The van der Waals surface area contributed by atoms with Crippen molar-refractivity contribution in [3.63, 3.8) is 0 Å². The maximum Gasteiger partial charge on any atom is 0.189 e. The second-order valence-electron chi connectivity index (χ2n) is 5.39. The van der Waals surface area contributed by atoms with Crippen molar-refractivity contribution in [1.82, 2.24) is 19.7 Å². The van der Waals surface area contributed by atoms with Crippen molar-refractivity contribution in [3.05, 3.63) is 54.2 Å². The highest BCUT2D eigenvalue weighted by molar-refractivity contribution is 5.84. The standard InChI is InChI=1S/C17H13N5/c1-3-12-8-11(10-19-21-12)17-20-15-7-4-13(18-2)9-16(15)22(17)14-5-6-14/h3-4,7-10,14H,1,5-6H2. The van der Waals surface area contributed by atoms with Gasteiger partial charge in [-0.2, -0.15) is 10.2 Å². The Bertz CT molecular complexity index is 928. The number of hydrogen-bond acceptors (Lipinski definition) is 3. The molecule has 0 aliphatic heterocycles. The van der Waals surface area contributed by atoms with E-state index >= 15 is 0 Å². The molecule has 1 aliphatic rings. The summed E-state index contributed by atoms with van der Waals surface area (Å²) in [6.07, 6.45) is 5.70. The number of hydrogen-bond donors (Lipinski definition) is 0. The van der Waals surface area contributed by atoms with Crippen molar-refractivity contribution in [2.75, 3.05) is 0 Å². The molecule has 0 amide bonds. The van der Waals surface area contributed by atoms with Crippen molar-refractivity contribution >= 4 is 22.8 Å².